The van der Waals surface area contributed by atoms with Crippen LogP contribution in [0.2, 0.25) is 0 Å². The van der Waals surface area contributed by atoms with Crippen molar-refractivity contribution in [1.29, 1.82) is 0 Å². The summed E-state index contributed by atoms with van der Waals surface area (Å²) in [5.41, 5.74) is 1.57. The van der Waals surface area contributed by atoms with E-state index in [0.717, 1.165) is 20.2 Å². The number of nitrogens with zero attached hydrogens (tertiary/aromatic N) is 2. The fourth-order valence-electron chi connectivity index (χ4n) is 3.95. The van der Waals surface area contributed by atoms with E-state index in [1.54, 1.807) is 48.5 Å². The Balaban J connectivity index is 0.000000203. The van der Waals surface area contributed by atoms with E-state index in [-0.39, 0.29) is 22.9 Å². The molecule has 4 aromatic carbocycles. The Morgan fingerprint density at radius 3 is 1.31 bits per heavy atom. The van der Waals surface area contributed by atoms with Crippen molar-refractivity contribution in [3.8, 4) is 22.6 Å². The van der Waals surface area contributed by atoms with Crippen LogP contribution in [0.5, 0.6) is 11.5 Å². The van der Waals surface area contributed by atoms with Crippen LogP contribution in [0.15, 0.2) is 97.1 Å². The molecule has 0 spiro atoms. The van der Waals surface area contributed by atoms with E-state index in [9.17, 15) is 37.8 Å². The fourth-order valence-corrected chi connectivity index (χ4v) is 4.31. The first-order valence-corrected chi connectivity index (χ1v) is 15.2. The molecule has 1 aliphatic rings. The predicted octanol–water partition coefficient (Wildman–Crippen LogP) is 8.65. The zero-order valence-corrected chi connectivity index (χ0v) is 28.2. The molecule has 4 aromatic rings. The average molecular weight is 784 g/mol. The zero-order chi connectivity index (χ0) is 35.6. The van der Waals surface area contributed by atoms with Gasteiger partial charge in [0, 0.05) is 27.8 Å². The van der Waals surface area contributed by atoms with Gasteiger partial charge in [-0.25, -0.2) is 0 Å². The minimum atomic E-state index is -2.86. The van der Waals surface area contributed by atoms with Gasteiger partial charge < -0.3 is 18.8 Å². The summed E-state index contributed by atoms with van der Waals surface area (Å²) in [7, 11) is -0.476. The Morgan fingerprint density at radius 2 is 0.958 bits per heavy atom. The van der Waals surface area contributed by atoms with Gasteiger partial charge in [-0.2, -0.15) is 17.6 Å². The summed E-state index contributed by atoms with van der Waals surface area (Å²) < 4.78 is 68.2. The molecule has 0 aliphatic carbocycles. The molecule has 1 heterocycles. The molecule has 254 valence electrons. The molecule has 0 N–H and O–H groups in total. The molecule has 0 bridgehead atoms. The van der Waals surface area contributed by atoms with Crippen LogP contribution < -0.4 is 14.9 Å². The third-order valence-electron chi connectivity index (χ3n) is 7.16. The van der Waals surface area contributed by atoms with Crippen molar-refractivity contribution < 1.29 is 46.2 Å². The van der Waals surface area contributed by atoms with Gasteiger partial charge in [0.1, 0.15) is 11.5 Å². The first-order valence-electron chi connectivity index (χ1n) is 14.1. The van der Waals surface area contributed by atoms with Crippen molar-refractivity contribution in [2.45, 2.75) is 52.1 Å². The molecule has 0 unspecified atom stereocenters. The minimum Gasteiger partial charge on any atom is -0.435 e. The molecule has 1 saturated heterocycles. The number of ether oxygens (including phenoxy) is 2. The van der Waals surface area contributed by atoms with Crippen LogP contribution in [0.4, 0.5) is 28.9 Å². The number of halogens is 5. The summed E-state index contributed by atoms with van der Waals surface area (Å²) in [4.78, 5) is 20.2. The van der Waals surface area contributed by atoms with Crippen LogP contribution in [-0.2, 0) is 9.31 Å². The van der Waals surface area contributed by atoms with Crippen molar-refractivity contribution >= 4 is 46.5 Å². The van der Waals surface area contributed by atoms with Gasteiger partial charge in [-0.1, -0.05) is 24.3 Å². The van der Waals surface area contributed by atoms with Crippen LogP contribution in [0.3, 0.4) is 0 Å². The lowest BCUT2D eigenvalue weighted by Crippen LogP contribution is -2.41. The number of alkyl halides is 4. The fraction of sp³-hybridized carbons (Fsp3) is 0.250. The number of rotatable bonds is 8. The third kappa shape index (κ3) is 11.2. The molecule has 0 amide bonds. The van der Waals surface area contributed by atoms with Crippen molar-refractivity contribution in [3.63, 3.8) is 0 Å². The van der Waals surface area contributed by atoms with Crippen molar-refractivity contribution in [1.82, 2.24) is 0 Å². The maximum Gasteiger partial charge on any atom is 0.494 e. The second-order valence-electron chi connectivity index (χ2n) is 11.0. The lowest BCUT2D eigenvalue weighted by Gasteiger charge is -2.32. The van der Waals surface area contributed by atoms with Gasteiger partial charge in [-0.15, -0.1) is 0 Å². The third-order valence-corrected chi connectivity index (χ3v) is 7.88. The number of non-ortho nitro benzene ring substituents is 2. The van der Waals surface area contributed by atoms with Gasteiger partial charge in [0.2, 0.25) is 0 Å². The summed E-state index contributed by atoms with van der Waals surface area (Å²) in [6.45, 7) is 2.29. The van der Waals surface area contributed by atoms with Gasteiger partial charge in [-0.05, 0) is 115 Å². The second kappa shape index (κ2) is 16.7. The molecule has 48 heavy (non-hydrogen) atoms. The van der Waals surface area contributed by atoms with Gasteiger partial charge in [0.15, 0.2) is 0 Å². The number of hydrogen-bond acceptors (Lipinski definition) is 8. The summed E-state index contributed by atoms with van der Waals surface area (Å²) in [5, 5.41) is 21.1. The average Bonchev–Trinajstić information content (AvgIpc) is 3.25. The summed E-state index contributed by atoms with van der Waals surface area (Å²) in [6, 6.07) is 24.7. The Labute approximate surface area is 287 Å². The highest BCUT2D eigenvalue weighted by Gasteiger charge is 2.51. The first kappa shape index (κ1) is 38.2. The Kier molecular flexibility index (Phi) is 13.3. The van der Waals surface area contributed by atoms with E-state index < -0.39 is 41.4 Å². The molecular weight excluding hydrogens is 754 g/mol. The molecule has 0 atom stereocenters. The topological polar surface area (TPSA) is 123 Å². The second-order valence-corrected chi connectivity index (χ2v) is 12.2. The van der Waals surface area contributed by atoms with E-state index in [2.05, 4.69) is 32.1 Å². The standard InChI is InChI=1S/C13H9F2NO3.C12H16BNO4.C7H5F2IO/c14-13(15)19-12-7-3-10(4-8-12)9-1-5-11(6-2-9)16(17)18;1-11(2)12(3,4)18-13(17-11)9-5-7-10(8-6-9)14(15)16;8-7(9)11-6-3-1-5(10)2-4-6/h1-8,13H;5-8H,1-4H3;1-4,7H. The van der Waals surface area contributed by atoms with E-state index in [4.69, 9.17) is 9.31 Å². The zero-order valence-electron chi connectivity index (χ0n) is 26.0. The highest BCUT2D eigenvalue weighted by molar-refractivity contribution is 14.1. The van der Waals surface area contributed by atoms with E-state index >= 15 is 0 Å². The van der Waals surface area contributed by atoms with Gasteiger partial charge in [0.25, 0.3) is 11.4 Å². The van der Waals surface area contributed by atoms with Gasteiger partial charge in [0.05, 0.1) is 21.0 Å². The van der Waals surface area contributed by atoms with Gasteiger partial charge >= 0.3 is 20.3 Å². The lowest BCUT2D eigenvalue weighted by molar-refractivity contribution is -0.385. The molecule has 1 fully saturated rings. The largest absolute Gasteiger partial charge is 0.494 e. The monoisotopic (exact) mass is 784 g/mol. The first-order chi connectivity index (χ1) is 22.5. The minimum absolute atomic E-state index is 0.00130. The summed E-state index contributed by atoms with van der Waals surface area (Å²) >= 11 is 2.09. The number of hydrogen-bond donors (Lipinski definition) is 0. The molecule has 0 radical (unpaired) electrons. The van der Waals surface area contributed by atoms with Crippen molar-refractivity contribution in [3.05, 3.63) is 121 Å². The molecule has 0 aromatic heterocycles. The molecule has 10 nitrogen and oxygen atoms in total. The van der Waals surface area contributed by atoms with Crippen LogP contribution in [-0.4, -0.2) is 41.4 Å². The predicted molar refractivity (Wildman–Crippen MR) is 180 cm³/mol. The highest BCUT2D eigenvalue weighted by Crippen LogP contribution is 2.36. The summed E-state index contributed by atoms with van der Waals surface area (Å²) in [6.07, 6.45) is 0. The Morgan fingerprint density at radius 1 is 0.625 bits per heavy atom. The normalized spacial score (nSPS) is 14.4. The molecule has 0 saturated carbocycles. The van der Waals surface area contributed by atoms with Crippen LogP contribution >= 0.6 is 22.6 Å². The lowest BCUT2D eigenvalue weighted by atomic mass is 9.79. The van der Waals surface area contributed by atoms with Gasteiger partial charge in [-0.3, -0.25) is 20.2 Å². The molecule has 5 rings (SSSR count). The smallest absolute Gasteiger partial charge is 0.435 e. The van der Waals surface area contributed by atoms with Crippen molar-refractivity contribution in [2.24, 2.45) is 0 Å². The quantitative estimate of drug-likeness (QED) is 0.0572. The maximum atomic E-state index is 12.0. The van der Waals surface area contributed by atoms with Crippen molar-refractivity contribution in [2.75, 3.05) is 0 Å². The highest BCUT2D eigenvalue weighted by atomic mass is 127. The number of nitro benzene ring substituents is 2. The van der Waals surface area contributed by atoms with E-state index in [0.29, 0.717) is 0 Å². The molecular formula is C32H30BF4IN2O8. The SMILES string of the molecule is CC1(C)OB(c2ccc([N+](=O)[O-])cc2)OC1(C)C.FC(F)Oc1ccc(I)cc1.O=[N+]([O-])c1ccc(-c2ccc(OC(F)F)cc2)cc1. The number of benzene rings is 4. The van der Waals surface area contributed by atoms with Crippen LogP contribution in [0.25, 0.3) is 11.1 Å². The Bertz CT molecular complexity index is 1630. The van der Waals surface area contributed by atoms with Crippen LogP contribution in [0, 0.1) is 23.8 Å². The Hall–Kier alpha value is -4.29. The van der Waals surface area contributed by atoms with E-state index in [1.165, 1.54) is 48.5 Å². The molecule has 16 heteroatoms. The maximum absolute atomic E-state index is 12.0. The van der Waals surface area contributed by atoms with E-state index in [1.807, 2.05) is 27.7 Å². The number of nitro groups is 2. The summed E-state index contributed by atoms with van der Waals surface area (Å²) in [5.74, 6) is 0.265. The van der Waals surface area contributed by atoms with Crippen LogP contribution in [0.1, 0.15) is 27.7 Å². The molecule has 1 aliphatic heterocycles.